The molecule has 0 heterocycles. The van der Waals surface area contributed by atoms with Gasteiger partial charge in [-0.15, -0.1) is 0 Å². The van der Waals surface area contributed by atoms with E-state index in [1.54, 1.807) is 0 Å². The Kier molecular flexibility index (Phi) is 7.27. The van der Waals surface area contributed by atoms with Crippen LogP contribution in [0.2, 0.25) is 0 Å². The van der Waals surface area contributed by atoms with Gasteiger partial charge in [0.2, 0.25) is 0 Å². The Bertz CT molecular complexity index is 761. The number of carbonyl (C=O) groups excluding carboxylic acids is 3. The molecule has 0 radical (unpaired) electrons. The van der Waals surface area contributed by atoms with E-state index in [1.807, 2.05) is 6.92 Å². The highest BCUT2D eigenvalue weighted by Gasteiger charge is 2.60. The Morgan fingerprint density at radius 2 is 1.58 bits per heavy atom. The molecule has 5 nitrogen and oxygen atoms in total. The standard InChI is InChI=1S/C28H44O5/c1-18(29)23-10-11-24-22-9-8-20-17-21(33-26(31)7-5-6-16-32-19(2)30)12-14-27(20,3)25(22)13-15-28(23,24)4/h20-25H,5-17H2,1-4H3/t20-,21+,22-,23+,24-,25-,27-,28+/m0/s1. The molecule has 0 saturated heterocycles. The first kappa shape index (κ1) is 24.7. The molecule has 0 N–H and O–H groups in total. The Morgan fingerprint density at radius 3 is 2.30 bits per heavy atom. The number of rotatable bonds is 7. The number of ketones is 1. The van der Waals surface area contributed by atoms with Gasteiger partial charge in [-0.1, -0.05) is 13.8 Å². The monoisotopic (exact) mass is 460 g/mol. The second-order valence-corrected chi connectivity index (χ2v) is 12.1. The molecule has 5 heteroatoms. The summed E-state index contributed by atoms with van der Waals surface area (Å²) in [5.41, 5.74) is 0.573. The van der Waals surface area contributed by atoms with Crippen LogP contribution in [0.1, 0.15) is 105 Å². The molecule has 4 rings (SSSR count). The smallest absolute Gasteiger partial charge is 0.306 e. The van der Waals surface area contributed by atoms with Crippen LogP contribution in [0.4, 0.5) is 0 Å². The SMILES string of the molecule is CC(=O)OCCCCC(=O)O[C@@H]1CC[C@@]2(C)[C@@H](CC[C@@H]3[C@@H]2CC[C@]2(C)[C@@H](C(C)=O)CC[C@@H]32)C1. The molecule has 4 saturated carbocycles. The lowest BCUT2D eigenvalue weighted by Crippen LogP contribution is -2.54. The molecule has 186 valence electrons. The molecule has 33 heavy (non-hydrogen) atoms. The molecule has 0 aromatic rings. The lowest BCUT2D eigenvalue weighted by molar-refractivity contribution is -0.163. The second-order valence-electron chi connectivity index (χ2n) is 12.1. The molecule has 4 aliphatic carbocycles. The number of esters is 2. The number of unbranched alkanes of at least 4 members (excludes halogenated alkanes) is 1. The van der Waals surface area contributed by atoms with E-state index in [9.17, 15) is 14.4 Å². The minimum atomic E-state index is -0.272. The van der Waals surface area contributed by atoms with Gasteiger partial charge in [0.15, 0.2) is 0 Å². The van der Waals surface area contributed by atoms with E-state index in [0.29, 0.717) is 48.9 Å². The average molecular weight is 461 g/mol. The first-order chi connectivity index (χ1) is 15.6. The van der Waals surface area contributed by atoms with Gasteiger partial charge in [0.25, 0.3) is 0 Å². The van der Waals surface area contributed by atoms with Crippen LogP contribution in [-0.2, 0) is 23.9 Å². The molecule has 0 aromatic heterocycles. The number of hydrogen-bond acceptors (Lipinski definition) is 5. The third kappa shape index (κ3) is 4.75. The maximum absolute atomic E-state index is 12.4. The van der Waals surface area contributed by atoms with Crippen LogP contribution in [0.25, 0.3) is 0 Å². The fourth-order valence-electron chi connectivity index (χ4n) is 8.83. The third-order valence-corrected chi connectivity index (χ3v) is 10.5. The van der Waals surface area contributed by atoms with Gasteiger partial charge in [-0.25, -0.2) is 0 Å². The van der Waals surface area contributed by atoms with Crippen molar-refractivity contribution >= 4 is 17.7 Å². The van der Waals surface area contributed by atoms with Crippen LogP contribution in [0, 0.1) is 40.4 Å². The minimum Gasteiger partial charge on any atom is -0.466 e. The Labute approximate surface area is 199 Å². The topological polar surface area (TPSA) is 69.7 Å². The summed E-state index contributed by atoms with van der Waals surface area (Å²) in [5.74, 6) is 3.20. The van der Waals surface area contributed by atoms with Crippen molar-refractivity contribution in [2.24, 2.45) is 40.4 Å². The Balaban J connectivity index is 1.31. The molecule has 0 amide bonds. The fourth-order valence-corrected chi connectivity index (χ4v) is 8.83. The van der Waals surface area contributed by atoms with Crippen molar-refractivity contribution in [3.63, 3.8) is 0 Å². The van der Waals surface area contributed by atoms with E-state index >= 15 is 0 Å². The Hall–Kier alpha value is -1.39. The lowest BCUT2D eigenvalue weighted by Gasteiger charge is -2.61. The molecule has 0 aliphatic heterocycles. The highest BCUT2D eigenvalue weighted by atomic mass is 16.5. The van der Waals surface area contributed by atoms with Gasteiger partial charge in [-0.3, -0.25) is 14.4 Å². The normalized spacial score (nSPS) is 41.9. The Morgan fingerprint density at radius 1 is 0.848 bits per heavy atom. The van der Waals surface area contributed by atoms with Crippen LogP contribution in [0.15, 0.2) is 0 Å². The zero-order chi connectivity index (χ0) is 23.8. The van der Waals surface area contributed by atoms with E-state index < -0.39 is 0 Å². The first-order valence-corrected chi connectivity index (χ1v) is 13.5. The van der Waals surface area contributed by atoms with Gasteiger partial charge >= 0.3 is 11.9 Å². The van der Waals surface area contributed by atoms with Crippen LogP contribution in [-0.4, -0.2) is 30.4 Å². The van der Waals surface area contributed by atoms with Gasteiger partial charge in [0.05, 0.1) is 6.61 Å². The average Bonchev–Trinajstić information content (AvgIpc) is 3.11. The highest BCUT2D eigenvalue weighted by Crippen LogP contribution is 2.67. The summed E-state index contributed by atoms with van der Waals surface area (Å²) in [7, 11) is 0. The summed E-state index contributed by atoms with van der Waals surface area (Å²) in [5, 5.41) is 0. The second kappa shape index (κ2) is 9.70. The zero-order valence-corrected chi connectivity index (χ0v) is 21.2. The summed E-state index contributed by atoms with van der Waals surface area (Å²) in [4.78, 5) is 35.5. The maximum Gasteiger partial charge on any atom is 0.306 e. The van der Waals surface area contributed by atoms with Crippen molar-refractivity contribution in [3.8, 4) is 0 Å². The molecule has 8 atom stereocenters. The van der Waals surface area contributed by atoms with Gasteiger partial charge in [-0.05, 0) is 112 Å². The van der Waals surface area contributed by atoms with Crippen molar-refractivity contribution in [1.82, 2.24) is 0 Å². The van der Waals surface area contributed by atoms with Crippen molar-refractivity contribution < 1.29 is 23.9 Å². The highest BCUT2D eigenvalue weighted by molar-refractivity contribution is 5.79. The molecule has 0 spiro atoms. The van der Waals surface area contributed by atoms with E-state index in [2.05, 4.69) is 13.8 Å². The summed E-state index contributed by atoms with van der Waals surface area (Å²) < 4.78 is 10.8. The fraction of sp³-hybridized carbons (Fsp3) is 0.893. The van der Waals surface area contributed by atoms with Crippen LogP contribution < -0.4 is 0 Å². The largest absolute Gasteiger partial charge is 0.466 e. The molecular formula is C28H44O5. The number of Topliss-reactive ketones (excluding diaryl/α,β-unsaturated/α-hetero) is 1. The van der Waals surface area contributed by atoms with Crippen LogP contribution in [0.5, 0.6) is 0 Å². The first-order valence-electron chi connectivity index (χ1n) is 13.5. The summed E-state index contributed by atoms with van der Waals surface area (Å²) in [6.07, 6.45) is 12.3. The van der Waals surface area contributed by atoms with Crippen molar-refractivity contribution in [1.29, 1.82) is 0 Å². The zero-order valence-electron chi connectivity index (χ0n) is 21.2. The molecular weight excluding hydrogens is 416 g/mol. The summed E-state index contributed by atoms with van der Waals surface area (Å²) >= 11 is 0. The van der Waals surface area contributed by atoms with Gasteiger partial charge < -0.3 is 9.47 Å². The van der Waals surface area contributed by atoms with Crippen molar-refractivity contribution in [3.05, 3.63) is 0 Å². The summed E-state index contributed by atoms with van der Waals surface area (Å²) in [6.45, 7) is 8.54. The van der Waals surface area contributed by atoms with E-state index in [0.717, 1.165) is 37.5 Å². The van der Waals surface area contributed by atoms with Gasteiger partial charge in [0.1, 0.15) is 11.9 Å². The minimum absolute atomic E-state index is 0.0584. The van der Waals surface area contributed by atoms with E-state index in [4.69, 9.17) is 9.47 Å². The van der Waals surface area contributed by atoms with Crippen molar-refractivity contribution in [2.75, 3.05) is 6.61 Å². The number of carbonyl (C=O) groups is 3. The van der Waals surface area contributed by atoms with Gasteiger partial charge in [-0.2, -0.15) is 0 Å². The number of hydrogen-bond donors (Lipinski definition) is 0. The summed E-state index contributed by atoms with van der Waals surface area (Å²) in [6, 6.07) is 0. The molecule has 4 aliphatic rings. The quantitative estimate of drug-likeness (QED) is 0.350. The number of fused-ring (bicyclic) bond motifs is 5. The predicted octanol–water partition coefficient (Wildman–Crippen LogP) is 5.88. The van der Waals surface area contributed by atoms with Crippen LogP contribution in [0.3, 0.4) is 0 Å². The van der Waals surface area contributed by atoms with E-state index in [1.165, 1.54) is 39.0 Å². The predicted molar refractivity (Wildman–Crippen MR) is 126 cm³/mol. The molecule has 0 unspecified atom stereocenters. The van der Waals surface area contributed by atoms with Gasteiger partial charge in [0, 0.05) is 19.3 Å². The van der Waals surface area contributed by atoms with Crippen LogP contribution >= 0.6 is 0 Å². The third-order valence-electron chi connectivity index (χ3n) is 10.5. The number of ether oxygens (including phenoxy) is 2. The van der Waals surface area contributed by atoms with E-state index in [-0.39, 0.29) is 29.4 Å². The molecule has 4 fully saturated rings. The molecule has 0 bridgehead atoms. The lowest BCUT2D eigenvalue weighted by atomic mass is 9.44. The maximum atomic E-state index is 12.4. The molecule has 0 aromatic carbocycles. The van der Waals surface area contributed by atoms with Crippen molar-refractivity contribution in [2.45, 2.75) is 111 Å².